The number of rotatable bonds is 2. The Morgan fingerprint density at radius 1 is 1.44 bits per heavy atom. The van der Waals surface area contributed by atoms with Crippen LogP contribution in [0, 0.1) is 0 Å². The summed E-state index contributed by atoms with van der Waals surface area (Å²) in [7, 11) is 1.81. The van der Waals surface area contributed by atoms with Crippen molar-refractivity contribution in [3.8, 4) is 0 Å². The molecule has 16 heavy (non-hydrogen) atoms. The third-order valence-corrected chi connectivity index (χ3v) is 3.55. The molecule has 0 bridgehead atoms. The van der Waals surface area contributed by atoms with E-state index in [0.29, 0.717) is 6.54 Å². The maximum Gasteiger partial charge on any atom is 0.320 e. The summed E-state index contributed by atoms with van der Waals surface area (Å²) in [6.45, 7) is 2.11. The first kappa shape index (κ1) is 11.3. The second kappa shape index (κ2) is 4.33. The van der Waals surface area contributed by atoms with Gasteiger partial charge in [-0.1, -0.05) is 22.0 Å². The lowest BCUT2D eigenvalue weighted by Gasteiger charge is -2.18. The average Bonchev–Trinajstić information content (AvgIpc) is 2.55. The number of amides is 2. The number of halogens is 1. The Bertz CT molecular complexity index is 401. The Balaban J connectivity index is 2.19. The molecule has 1 aromatic carbocycles. The highest BCUT2D eigenvalue weighted by molar-refractivity contribution is 9.10. The number of likely N-dealkylation sites (N-methyl/N-ethyl adjacent to an activating group) is 1. The topological polar surface area (TPSA) is 49.6 Å². The van der Waals surface area contributed by atoms with Crippen molar-refractivity contribution in [3.05, 3.63) is 28.2 Å². The zero-order chi connectivity index (χ0) is 11.7. The van der Waals surface area contributed by atoms with Gasteiger partial charge < -0.3 is 15.5 Å². The van der Waals surface area contributed by atoms with E-state index >= 15 is 0 Å². The number of nitrogens with zero attached hydrogens (tertiary/aromatic N) is 2. The van der Waals surface area contributed by atoms with Gasteiger partial charge in [-0.2, -0.15) is 0 Å². The van der Waals surface area contributed by atoms with Crippen molar-refractivity contribution < 1.29 is 4.79 Å². The van der Waals surface area contributed by atoms with Gasteiger partial charge in [0.05, 0.1) is 6.54 Å². The van der Waals surface area contributed by atoms with E-state index in [-0.39, 0.29) is 6.03 Å². The maximum atomic E-state index is 11.7. The lowest BCUT2D eigenvalue weighted by atomic mass is 10.2. The van der Waals surface area contributed by atoms with E-state index < -0.39 is 0 Å². The van der Waals surface area contributed by atoms with Crippen LogP contribution < -0.4 is 5.73 Å². The van der Waals surface area contributed by atoms with Crippen LogP contribution in [0.4, 0.5) is 10.5 Å². The molecule has 2 rings (SSSR count). The first-order valence-corrected chi connectivity index (χ1v) is 5.92. The van der Waals surface area contributed by atoms with Gasteiger partial charge in [-0.15, -0.1) is 0 Å². The Labute approximate surface area is 103 Å². The summed E-state index contributed by atoms with van der Waals surface area (Å²) in [6, 6.07) is 5.75. The van der Waals surface area contributed by atoms with Crippen molar-refractivity contribution in [1.82, 2.24) is 9.80 Å². The molecule has 1 aliphatic rings. The molecule has 2 N–H and O–H groups in total. The summed E-state index contributed by atoms with van der Waals surface area (Å²) in [4.78, 5) is 15.2. The monoisotopic (exact) mass is 283 g/mol. The van der Waals surface area contributed by atoms with Gasteiger partial charge in [0, 0.05) is 35.9 Å². The van der Waals surface area contributed by atoms with Crippen molar-refractivity contribution in [3.63, 3.8) is 0 Å². The zero-order valence-corrected chi connectivity index (χ0v) is 10.7. The molecule has 1 aromatic rings. The highest BCUT2D eigenvalue weighted by Crippen LogP contribution is 2.25. The number of urea groups is 1. The molecule has 5 heteroatoms. The third-order valence-electron chi connectivity index (χ3n) is 2.81. The summed E-state index contributed by atoms with van der Waals surface area (Å²) in [5, 5.41) is 0. The van der Waals surface area contributed by atoms with E-state index in [1.807, 2.05) is 25.2 Å². The van der Waals surface area contributed by atoms with Gasteiger partial charge in [-0.25, -0.2) is 4.79 Å². The molecule has 0 radical (unpaired) electrons. The Morgan fingerprint density at radius 3 is 2.75 bits per heavy atom. The van der Waals surface area contributed by atoms with Gasteiger partial charge in [-0.05, 0) is 12.1 Å². The second-order valence-corrected chi connectivity index (χ2v) is 4.79. The Morgan fingerprint density at radius 2 is 2.19 bits per heavy atom. The van der Waals surface area contributed by atoms with E-state index in [1.165, 1.54) is 0 Å². The van der Waals surface area contributed by atoms with Crippen molar-refractivity contribution in [2.75, 3.05) is 25.9 Å². The van der Waals surface area contributed by atoms with Crippen LogP contribution in [0.2, 0.25) is 0 Å². The van der Waals surface area contributed by atoms with Gasteiger partial charge in [-0.3, -0.25) is 0 Å². The highest BCUT2D eigenvalue weighted by Gasteiger charge is 2.26. The molecule has 1 heterocycles. The van der Waals surface area contributed by atoms with Crippen molar-refractivity contribution in [2.24, 2.45) is 0 Å². The molecular formula is C11H14BrN3O. The van der Waals surface area contributed by atoms with Crippen LogP contribution in [-0.2, 0) is 6.54 Å². The van der Waals surface area contributed by atoms with E-state index in [9.17, 15) is 4.79 Å². The molecule has 4 nitrogen and oxygen atoms in total. The molecule has 0 aromatic heterocycles. The number of hydrogen-bond acceptors (Lipinski definition) is 2. The number of carbonyl (C=O) groups excluding carboxylic acids is 1. The summed E-state index contributed by atoms with van der Waals surface area (Å²) in [5.41, 5.74) is 7.60. The Hall–Kier alpha value is -1.23. The van der Waals surface area contributed by atoms with E-state index in [1.54, 1.807) is 9.80 Å². The van der Waals surface area contributed by atoms with Crippen LogP contribution in [-0.4, -0.2) is 36.0 Å². The lowest BCUT2D eigenvalue weighted by Crippen LogP contribution is -2.29. The molecule has 0 aliphatic carbocycles. The second-order valence-electron chi connectivity index (χ2n) is 3.93. The number of nitrogens with two attached hydrogens (primary N) is 1. The van der Waals surface area contributed by atoms with Gasteiger partial charge in [0.25, 0.3) is 0 Å². The number of nitrogen functional groups attached to an aromatic ring is 1. The molecule has 0 saturated carbocycles. The molecule has 2 amide bonds. The first-order valence-electron chi connectivity index (χ1n) is 5.12. The first-order chi connectivity index (χ1) is 7.59. The zero-order valence-electron chi connectivity index (χ0n) is 9.11. The fraction of sp³-hybridized carbons (Fsp3) is 0.364. The van der Waals surface area contributed by atoms with Crippen molar-refractivity contribution in [2.45, 2.75) is 6.54 Å². The number of carbonyl (C=O) groups is 1. The summed E-state index contributed by atoms with van der Waals surface area (Å²) < 4.78 is 0.954. The van der Waals surface area contributed by atoms with E-state index in [2.05, 4.69) is 15.9 Å². The van der Waals surface area contributed by atoms with Crippen LogP contribution in [0.25, 0.3) is 0 Å². The van der Waals surface area contributed by atoms with Crippen LogP contribution in [0.15, 0.2) is 22.7 Å². The van der Waals surface area contributed by atoms with Crippen LogP contribution in [0.1, 0.15) is 5.56 Å². The smallest absolute Gasteiger partial charge is 0.320 e. The minimum atomic E-state index is 0.0650. The largest absolute Gasteiger partial charge is 0.398 e. The SMILES string of the molecule is CN1CCN(Cc2c(N)cccc2Br)C1=O. The maximum absolute atomic E-state index is 11.7. The normalized spacial score (nSPS) is 16.0. The van der Waals surface area contributed by atoms with Crippen molar-refractivity contribution in [1.29, 1.82) is 0 Å². The molecule has 0 spiro atoms. The minimum absolute atomic E-state index is 0.0650. The molecular weight excluding hydrogens is 270 g/mol. The number of hydrogen-bond donors (Lipinski definition) is 1. The average molecular weight is 284 g/mol. The standard InChI is InChI=1S/C11H14BrN3O/c1-14-5-6-15(11(14)16)7-8-9(12)3-2-4-10(8)13/h2-4H,5-7,13H2,1H3. The molecule has 1 saturated heterocycles. The number of benzene rings is 1. The predicted molar refractivity (Wildman–Crippen MR) is 67.0 cm³/mol. The van der Waals surface area contributed by atoms with Gasteiger partial charge in [0.15, 0.2) is 0 Å². The van der Waals surface area contributed by atoms with E-state index in [4.69, 9.17) is 5.73 Å². The van der Waals surface area contributed by atoms with E-state index in [0.717, 1.165) is 28.8 Å². The molecule has 86 valence electrons. The van der Waals surface area contributed by atoms with Gasteiger partial charge >= 0.3 is 6.03 Å². The third kappa shape index (κ3) is 2.00. The predicted octanol–water partition coefficient (Wildman–Crippen LogP) is 1.90. The Kier molecular flexibility index (Phi) is 3.05. The fourth-order valence-electron chi connectivity index (χ4n) is 1.78. The summed E-state index contributed by atoms with van der Waals surface area (Å²) >= 11 is 3.46. The molecule has 1 fully saturated rings. The molecule has 0 unspecified atom stereocenters. The summed E-state index contributed by atoms with van der Waals surface area (Å²) in [6.07, 6.45) is 0. The quantitative estimate of drug-likeness (QED) is 0.843. The lowest BCUT2D eigenvalue weighted by molar-refractivity contribution is 0.197. The van der Waals surface area contributed by atoms with Crippen LogP contribution >= 0.6 is 15.9 Å². The van der Waals surface area contributed by atoms with Crippen molar-refractivity contribution >= 4 is 27.6 Å². The van der Waals surface area contributed by atoms with Gasteiger partial charge in [0.2, 0.25) is 0 Å². The minimum Gasteiger partial charge on any atom is -0.398 e. The van der Waals surface area contributed by atoms with Crippen LogP contribution in [0.5, 0.6) is 0 Å². The molecule has 0 atom stereocenters. The summed E-state index contributed by atoms with van der Waals surface area (Å²) in [5.74, 6) is 0. The highest BCUT2D eigenvalue weighted by atomic mass is 79.9. The number of anilines is 1. The van der Waals surface area contributed by atoms with Gasteiger partial charge in [0.1, 0.15) is 0 Å². The molecule has 1 aliphatic heterocycles. The fourth-order valence-corrected chi connectivity index (χ4v) is 2.29. The van der Waals surface area contributed by atoms with Crippen LogP contribution in [0.3, 0.4) is 0 Å².